The Labute approximate surface area is 256 Å². The lowest BCUT2D eigenvalue weighted by atomic mass is 10.0. The number of anilines is 1. The maximum absolute atomic E-state index is 13.6. The van der Waals surface area contributed by atoms with Gasteiger partial charge >= 0.3 is 0 Å². The fraction of sp³-hybridized carbons (Fsp3) is 0.243. The van der Waals surface area contributed by atoms with Gasteiger partial charge in [0.1, 0.15) is 0 Å². The Balaban J connectivity index is 0.000000309. The molecule has 6 heteroatoms. The Kier molecular flexibility index (Phi) is 14.5. The van der Waals surface area contributed by atoms with Gasteiger partial charge in [-0.15, -0.1) is 0 Å². The minimum Gasteiger partial charge on any atom is -0.501 e. The molecule has 0 bridgehead atoms. The number of halogens is 2. The summed E-state index contributed by atoms with van der Waals surface area (Å²) in [4.78, 5) is 8.11. The van der Waals surface area contributed by atoms with Gasteiger partial charge in [0.05, 0.1) is 18.6 Å². The molecule has 226 valence electrons. The molecule has 43 heavy (non-hydrogen) atoms. The summed E-state index contributed by atoms with van der Waals surface area (Å²) in [5.74, 6) is -0.837. The first-order valence-corrected chi connectivity index (χ1v) is 14.3. The quantitative estimate of drug-likeness (QED) is 0.131. The SMILES string of the molecule is C=C(/C=C(/CC)OC)c1ccc(-c2ccc(NCCC)cc2)cc1.C=C(C=NC)/C(=C\C)N=C(C)c1cccc(F)c1F. The van der Waals surface area contributed by atoms with Crippen molar-refractivity contribution in [1.29, 1.82) is 0 Å². The fourth-order valence-corrected chi connectivity index (χ4v) is 4.08. The number of methoxy groups -OCH3 is 1. The van der Waals surface area contributed by atoms with Crippen LogP contribution < -0.4 is 5.32 Å². The first-order valence-electron chi connectivity index (χ1n) is 14.3. The van der Waals surface area contributed by atoms with Crippen molar-refractivity contribution in [1.82, 2.24) is 0 Å². The van der Waals surface area contributed by atoms with E-state index in [1.807, 2.05) is 6.08 Å². The summed E-state index contributed by atoms with van der Waals surface area (Å²) in [6.07, 6.45) is 7.30. The highest BCUT2D eigenvalue weighted by atomic mass is 19.2. The van der Waals surface area contributed by atoms with Crippen molar-refractivity contribution in [3.8, 4) is 11.1 Å². The van der Waals surface area contributed by atoms with Crippen molar-refractivity contribution in [2.24, 2.45) is 9.98 Å². The van der Waals surface area contributed by atoms with E-state index >= 15 is 0 Å². The molecule has 0 saturated carbocycles. The van der Waals surface area contributed by atoms with Crippen LogP contribution in [-0.2, 0) is 4.74 Å². The third kappa shape index (κ3) is 10.6. The van der Waals surface area contributed by atoms with Crippen LogP contribution in [0.2, 0.25) is 0 Å². The van der Waals surface area contributed by atoms with Crippen molar-refractivity contribution in [3.05, 3.63) is 132 Å². The second-order valence-corrected chi connectivity index (χ2v) is 9.66. The van der Waals surface area contributed by atoms with E-state index in [9.17, 15) is 8.78 Å². The smallest absolute Gasteiger partial charge is 0.167 e. The largest absolute Gasteiger partial charge is 0.501 e. The molecule has 3 aromatic carbocycles. The second-order valence-electron chi connectivity index (χ2n) is 9.66. The predicted octanol–water partition coefficient (Wildman–Crippen LogP) is 10.1. The number of rotatable bonds is 12. The van der Waals surface area contributed by atoms with Gasteiger partial charge in [-0.1, -0.05) is 75.5 Å². The predicted molar refractivity (Wildman–Crippen MR) is 181 cm³/mol. The lowest BCUT2D eigenvalue weighted by Gasteiger charge is -2.08. The molecule has 0 aromatic heterocycles. The van der Waals surface area contributed by atoms with Gasteiger partial charge in [-0.05, 0) is 72.9 Å². The van der Waals surface area contributed by atoms with Crippen molar-refractivity contribution < 1.29 is 13.5 Å². The van der Waals surface area contributed by atoms with Gasteiger partial charge in [-0.2, -0.15) is 0 Å². The van der Waals surface area contributed by atoms with E-state index in [0.29, 0.717) is 17.0 Å². The molecule has 0 heterocycles. The summed E-state index contributed by atoms with van der Waals surface area (Å²) in [6, 6.07) is 21.1. The Morgan fingerprint density at radius 1 is 0.953 bits per heavy atom. The molecule has 0 atom stereocenters. The number of nitrogens with one attached hydrogen (secondary N) is 1. The molecule has 0 saturated heterocycles. The van der Waals surface area contributed by atoms with Gasteiger partial charge in [0.15, 0.2) is 11.6 Å². The van der Waals surface area contributed by atoms with E-state index in [-0.39, 0.29) is 5.56 Å². The molecule has 1 N–H and O–H groups in total. The monoisotopic (exact) mass is 583 g/mol. The third-order valence-corrected chi connectivity index (χ3v) is 6.52. The molecular weight excluding hydrogens is 540 g/mol. The average Bonchev–Trinajstić information content (AvgIpc) is 3.03. The van der Waals surface area contributed by atoms with Crippen LogP contribution in [0.1, 0.15) is 51.7 Å². The number of ether oxygens (including phenoxy) is 1. The van der Waals surface area contributed by atoms with Gasteiger partial charge in [0, 0.05) is 48.8 Å². The topological polar surface area (TPSA) is 46.0 Å². The minimum atomic E-state index is -0.894. The highest BCUT2D eigenvalue weighted by Crippen LogP contribution is 2.25. The molecule has 0 fully saturated rings. The van der Waals surface area contributed by atoms with E-state index in [1.54, 1.807) is 40.3 Å². The van der Waals surface area contributed by atoms with Gasteiger partial charge in [-0.25, -0.2) is 8.78 Å². The summed E-state index contributed by atoms with van der Waals surface area (Å²) in [7, 11) is 3.33. The Bertz CT molecular complexity index is 1480. The number of nitrogens with zero attached hydrogens (tertiary/aromatic N) is 2. The lowest BCUT2D eigenvalue weighted by Crippen LogP contribution is -2.02. The summed E-state index contributed by atoms with van der Waals surface area (Å²) in [5.41, 5.74) is 7.39. The van der Waals surface area contributed by atoms with Crippen LogP contribution in [0.5, 0.6) is 0 Å². The van der Waals surface area contributed by atoms with E-state index in [2.05, 4.69) is 90.8 Å². The number of benzene rings is 3. The van der Waals surface area contributed by atoms with Gasteiger partial charge in [-0.3, -0.25) is 9.98 Å². The summed E-state index contributed by atoms with van der Waals surface area (Å²) in [5, 5.41) is 3.40. The van der Waals surface area contributed by atoms with Crippen LogP contribution in [0, 0.1) is 11.6 Å². The molecular formula is C37H43F2N3O. The van der Waals surface area contributed by atoms with Crippen molar-refractivity contribution in [3.63, 3.8) is 0 Å². The number of hydrogen-bond acceptors (Lipinski definition) is 4. The molecule has 3 rings (SSSR count). The molecule has 0 aliphatic carbocycles. The van der Waals surface area contributed by atoms with Crippen molar-refractivity contribution in [2.75, 3.05) is 26.0 Å². The highest BCUT2D eigenvalue weighted by Gasteiger charge is 2.11. The zero-order chi connectivity index (χ0) is 31.8. The zero-order valence-electron chi connectivity index (χ0n) is 26.2. The van der Waals surface area contributed by atoms with Gasteiger partial charge < -0.3 is 10.1 Å². The molecule has 0 aliphatic heterocycles. The first-order chi connectivity index (χ1) is 20.7. The van der Waals surface area contributed by atoms with E-state index in [0.717, 1.165) is 42.3 Å². The Hall–Kier alpha value is -4.58. The second kappa shape index (κ2) is 18.1. The standard InChI is InChI=1S/C22H27NO.C15H16F2N2/c1-5-15-23-21-13-11-20(12-14-21)19-9-7-18(8-10-19)17(3)16-22(6-2)24-4;1-5-14(10(2)9-18-4)19-11(3)12-7-6-8-13(16)15(12)17/h7-14,16,23H,3,5-6,15H2,1-2,4H3;5-9H,2H2,1,3-4H3/b22-16-;14-5+,18-9?,19-11?. The van der Waals surface area contributed by atoms with Crippen LogP contribution in [0.15, 0.2) is 119 Å². The molecule has 0 spiro atoms. The first kappa shape index (κ1) is 34.6. The lowest BCUT2D eigenvalue weighted by molar-refractivity contribution is 0.281. The highest BCUT2D eigenvalue weighted by molar-refractivity contribution is 6.00. The third-order valence-electron chi connectivity index (χ3n) is 6.52. The zero-order valence-corrected chi connectivity index (χ0v) is 26.2. The van der Waals surface area contributed by atoms with Crippen molar-refractivity contribution >= 4 is 23.2 Å². The average molecular weight is 584 g/mol. The molecule has 4 nitrogen and oxygen atoms in total. The summed E-state index contributed by atoms with van der Waals surface area (Å²) >= 11 is 0. The summed E-state index contributed by atoms with van der Waals surface area (Å²) in [6.45, 7) is 16.6. The molecule has 0 radical (unpaired) electrons. The van der Waals surface area contributed by atoms with E-state index in [4.69, 9.17) is 4.74 Å². The van der Waals surface area contributed by atoms with E-state index in [1.165, 1.54) is 28.9 Å². The number of hydrogen-bond donors (Lipinski definition) is 1. The minimum absolute atomic E-state index is 0.139. The van der Waals surface area contributed by atoms with E-state index < -0.39 is 11.6 Å². The van der Waals surface area contributed by atoms with Crippen LogP contribution in [0.25, 0.3) is 16.7 Å². The van der Waals surface area contributed by atoms with Crippen LogP contribution >= 0.6 is 0 Å². The van der Waals surface area contributed by atoms with Crippen LogP contribution in [0.3, 0.4) is 0 Å². The maximum Gasteiger partial charge on any atom is 0.167 e. The van der Waals surface area contributed by atoms with Crippen LogP contribution in [-0.4, -0.2) is 32.6 Å². The normalized spacial score (nSPS) is 12.0. The number of aliphatic imine (C=N–C) groups is 2. The van der Waals surface area contributed by atoms with Crippen molar-refractivity contribution in [2.45, 2.75) is 40.5 Å². The number of allylic oxidation sites excluding steroid dienone is 5. The van der Waals surface area contributed by atoms with Crippen LogP contribution in [0.4, 0.5) is 14.5 Å². The molecule has 0 unspecified atom stereocenters. The summed E-state index contributed by atoms with van der Waals surface area (Å²) < 4.78 is 32.1. The fourth-order valence-electron chi connectivity index (χ4n) is 4.08. The molecule has 3 aromatic rings. The molecule has 0 amide bonds. The Morgan fingerprint density at radius 3 is 2.12 bits per heavy atom. The maximum atomic E-state index is 13.6. The van der Waals surface area contributed by atoms with Gasteiger partial charge in [0.2, 0.25) is 0 Å². The molecule has 0 aliphatic rings. The Morgan fingerprint density at radius 2 is 1.58 bits per heavy atom. The van der Waals surface area contributed by atoms with Gasteiger partial charge in [0.25, 0.3) is 0 Å².